The average molecular weight is 170 g/mol. The highest BCUT2D eigenvalue weighted by Gasteiger charge is 2.58. The molecule has 1 nitrogen and oxygen atoms in total. The lowest BCUT2D eigenvalue weighted by Gasteiger charge is -2.14. The number of hydrogen-bond donors (Lipinski definition) is 0. The standard InChI is InChI=1S/C2ClF5O/c3-1(4,9-8)2(5,6)7. The molecule has 56 valence electrons. The molecule has 1 atom stereocenters. The maximum atomic E-state index is 11.4. The Balaban J connectivity index is 4.14. The largest absolute Gasteiger partial charge is 0.467 e. The summed E-state index contributed by atoms with van der Waals surface area (Å²) in [5.41, 5.74) is 0. The monoisotopic (exact) mass is 170 g/mol. The molecule has 0 amide bonds. The third-order valence-electron chi connectivity index (χ3n) is 0.427. The van der Waals surface area contributed by atoms with Crippen LogP contribution in [0.4, 0.5) is 22.1 Å². The molecule has 0 radical (unpaired) electrons. The fourth-order valence-electron chi connectivity index (χ4n) is 0.0437. The zero-order valence-electron chi connectivity index (χ0n) is 3.68. The Kier molecular flexibility index (Phi) is 2.24. The fraction of sp³-hybridized carbons (Fsp3) is 1.00. The van der Waals surface area contributed by atoms with Crippen molar-refractivity contribution in [2.45, 2.75) is 11.5 Å². The summed E-state index contributed by atoms with van der Waals surface area (Å²) in [6, 6.07) is 0. The molecular weight excluding hydrogens is 170 g/mol. The summed E-state index contributed by atoms with van der Waals surface area (Å²) >= 11 is 3.81. The van der Waals surface area contributed by atoms with Crippen LogP contribution in [0, 0.1) is 0 Å². The van der Waals surface area contributed by atoms with Crippen LogP contribution in [-0.2, 0) is 4.94 Å². The Morgan fingerprint density at radius 1 is 1.11 bits per heavy atom. The van der Waals surface area contributed by atoms with Crippen molar-refractivity contribution in [2.24, 2.45) is 0 Å². The van der Waals surface area contributed by atoms with Crippen LogP contribution >= 0.6 is 11.6 Å². The van der Waals surface area contributed by atoms with Gasteiger partial charge in [0.1, 0.15) is 0 Å². The molecule has 0 bridgehead atoms. The summed E-state index contributed by atoms with van der Waals surface area (Å²) in [5.74, 6) is 0. The summed E-state index contributed by atoms with van der Waals surface area (Å²) in [6.07, 6.45) is -5.55. The number of rotatable bonds is 1. The second kappa shape index (κ2) is 2.26. The molecule has 0 aromatic heterocycles. The van der Waals surface area contributed by atoms with Gasteiger partial charge in [-0.25, -0.2) is 0 Å². The van der Waals surface area contributed by atoms with E-state index in [-0.39, 0.29) is 0 Å². The Hall–Kier alpha value is -0.100. The highest BCUT2D eigenvalue weighted by atomic mass is 35.5. The summed E-state index contributed by atoms with van der Waals surface area (Å²) < 4.78 is 54.8. The average Bonchev–Trinajstić information content (AvgIpc) is 1.64. The number of alkyl halides is 5. The molecule has 9 heavy (non-hydrogen) atoms. The van der Waals surface area contributed by atoms with Crippen molar-refractivity contribution in [3.8, 4) is 0 Å². The summed E-state index contributed by atoms with van der Waals surface area (Å²) in [5, 5.41) is -4.72. The summed E-state index contributed by atoms with van der Waals surface area (Å²) in [4.78, 5) is 1.78. The molecule has 0 heterocycles. The number of hydrogen-bond acceptors (Lipinski definition) is 1. The van der Waals surface area contributed by atoms with Gasteiger partial charge in [-0.05, 0) is 16.1 Å². The van der Waals surface area contributed by atoms with Crippen LogP contribution < -0.4 is 0 Å². The van der Waals surface area contributed by atoms with Crippen LogP contribution in [0.15, 0.2) is 0 Å². The maximum absolute atomic E-state index is 11.4. The Morgan fingerprint density at radius 2 is 1.44 bits per heavy atom. The van der Waals surface area contributed by atoms with Gasteiger partial charge in [0.25, 0.3) is 0 Å². The quantitative estimate of drug-likeness (QED) is 0.433. The van der Waals surface area contributed by atoms with Gasteiger partial charge < -0.3 is 0 Å². The first-order valence-electron chi connectivity index (χ1n) is 1.55. The van der Waals surface area contributed by atoms with E-state index in [1.54, 1.807) is 4.94 Å². The molecule has 0 aromatic rings. The Bertz CT molecular complexity index is 97.6. The second-order valence-electron chi connectivity index (χ2n) is 1.09. The zero-order valence-corrected chi connectivity index (χ0v) is 4.43. The molecule has 0 fully saturated rings. The lowest BCUT2D eigenvalue weighted by molar-refractivity contribution is -0.361. The predicted molar refractivity (Wildman–Crippen MR) is 17.9 cm³/mol. The van der Waals surface area contributed by atoms with Crippen LogP contribution in [0.1, 0.15) is 0 Å². The van der Waals surface area contributed by atoms with Crippen molar-refractivity contribution >= 4 is 11.6 Å². The molecule has 1 unspecified atom stereocenters. The van der Waals surface area contributed by atoms with Gasteiger partial charge in [0.05, 0.1) is 0 Å². The van der Waals surface area contributed by atoms with E-state index in [0.717, 1.165) is 0 Å². The first kappa shape index (κ1) is 8.90. The lowest BCUT2D eigenvalue weighted by Crippen LogP contribution is -2.35. The van der Waals surface area contributed by atoms with Gasteiger partial charge in [0, 0.05) is 0 Å². The molecule has 0 aromatic carbocycles. The van der Waals surface area contributed by atoms with Crippen molar-refractivity contribution in [3.63, 3.8) is 0 Å². The summed E-state index contributed by atoms with van der Waals surface area (Å²) in [6.45, 7) is 0. The molecule has 0 aliphatic rings. The van der Waals surface area contributed by atoms with Crippen molar-refractivity contribution in [1.82, 2.24) is 0 Å². The van der Waals surface area contributed by atoms with Crippen LogP contribution in [0.5, 0.6) is 0 Å². The molecule has 0 spiro atoms. The molecule has 0 aliphatic heterocycles. The van der Waals surface area contributed by atoms with Crippen molar-refractivity contribution in [2.75, 3.05) is 0 Å². The van der Waals surface area contributed by atoms with E-state index in [2.05, 4.69) is 11.6 Å². The molecule has 0 rings (SSSR count). The van der Waals surface area contributed by atoms with Crippen LogP contribution in [0.25, 0.3) is 0 Å². The van der Waals surface area contributed by atoms with Gasteiger partial charge >= 0.3 is 11.5 Å². The van der Waals surface area contributed by atoms with Gasteiger partial charge in [0.2, 0.25) is 0 Å². The van der Waals surface area contributed by atoms with E-state index in [9.17, 15) is 22.1 Å². The second-order valence-corrected chi connectivity index (χ2v) is 1.58. The zero-order chi connectivity index (χ0) is 7.71. The van der Waals surface area contributed by atoms with Crippen LogP contribution in [0.3, 0.4) is 0 Å². The topological polar surface area (TPSA) is 9.23 Å². The molecule has 0 saturated carbocycles. The predicted octanol–water partition coefficient (Wildman–Crippen LogP) is 2.31. The first-order valence-corrected chi connectivity index (χ1v) is 1.93. The van der Waals surface area contributed by atoms with Crippen LogP contribution in [0.2, 0.25) is 0 Å². The number of halogens is 6. The van der Waals surface area contributed by atoms with Crippen molar-refractivity contribution < 1.29 is 27.0 Å². The smallest absolute Gasteiger partial charge is 0.180 e. The molecule has 0 aliphatic carbocycles. The highest BCUT2D eigenvalue weighted by molar-refractivity contribution is 6.22. The molecular formula is C2ClF5O. The maximum Gasteiger partial charge on any atom is 0.467 e. The first-order chi connectivity index (χ1) is 3.81. The molecule has 0 N–H and O–H groups in total. The third kappa shape index (κ3) is 1.94. The van der Waals surface area contributed by atoms with Crippen LogP contribution in [-0.4, -0.2) is 11.5 Å². The third-order valence-corrected chi connectivity index (χ3v) is 0.700. The normalized spacial score (nSPS) is 19.3. The minimum Gasteiger partial charge on any atom is -0.180 e. The van der Waals surface area contributed by atoms with E-state index in [4.69, 9.17) is 0 Å². The highest BCUT2D eigenvalue weighted by Crippen LogP contribution is 2.38. The lowest BCUT2D eigenvalue weighted by atomic mass is 10.7. The molecule has 7 heteroatoms. The minimum absolute atomic E-state index is 1.78. The van der Waals surface area contributed by atoms with Crippen molar-refractivity contribution in [1.29, 1.82) is 0 Å². The SMILES string of the molecule is FOC(F)(Cl)C(F)(F)F. The minimum atomic E-state index is -5.55. The van der Waals surface area contributed by atoms with Crippen molar-refractivity contribution in [3.05, 3.63) is 0 Å². The Morgan fingerprint density at radius 3 is 1.44 bits per heavy atom. The van der Waals surface area contributed by atoms with E-state index in [0.29, 0.717) is 0 Å². The van der Waals surface area contributed by atoms with E-state index >= 15 is 0 Å². The van der Waals surface area contributed by atoms with Gasteiger partial charge in [-0.15, -0.1) is 4.94 Å². The van der Waals surface area contributed by atoms with Gasteiger partial charge in [0.15, 0.2) is 0 Å². The summed E-state index contributed by atoms with van der Waals surface area (Å²) in [7, 11) is 0. The fourth-order valence-corrected chi connectivity index (χ4v) is 0.0437. The van der Waals surface area contributed by atoms with E-state index in [1.807, 2.05) is 0 Å². The molecule has 0 saturated heterocycles. The van der Waals surface area contributed by atoms with E-state index in [1.165, 1.54) is 0 Å². The van der Waals surface area contributed by atoms with E-state index < -0.39 is 11.5 Å². The van der Waals surface area contributed by atoms with Gasteiger partial charge in [-0.2, -0.15) is 17.6 Å². The van der Waals surface area contributed by atoms with Gasteiger partial charge in [-0.1, -0.05) is 0 Å². The Labute approximate surface area is 51.2 Å². The van der Waals surface area contributed by atoms with Gasteiger partial charge in [-0.3, -0.25) is 0 Å².